The van der Waals surface area contributed by atoms with Gasteiger partial charge in [-0.05, 0) is 44.4 Å². The summed E-state index contributed by atoms with van der Waals surface area (Å²) < 4.78 is 22.7. The van der Waals surface area contributed by atoms with Gasteiger partial charge in [0.2, 0.25) is 5.91 Å². The van der Waals surface area contributed by atoms with Crippen molar-refractivity contribution in [1.29, 1.82) is 0 Å². The molecule has 2 saturated heterocycles. The van der Waals surface area contributed by atoms with Gasteiger partial charge in [-0.2, -0.15) is 0 Å². The van der Waals surface area contributed by atoms with Gasteiger partial charge in [0.05, 0.1) is 24.5 Å². The number of carbonyl (C=O) groups is 2. The van der Waals surface area contributed by atoms with E-state index in [1.807, 2.05) is 39.0 Å². The number of amides is 2. The monoisotopic (exact) mass is 548 g/mol. The standard InChI is InChI=1S/C28H37ClN2O7/c1-16-8-7-9-22(36-6)28(34)15-21(37-26(33)30-28)17(2)25-27(3,38-25)11-10-23(32)31(4)19-13-18(12-16)14-20(35-5)24(19)29/h7-9,13-14,17,21-22,25,34H,10-12,15H2,1-6H3,(H,30,33)/b9-7+,16-8+/t17-,21?,22-,25-,27+,28+/m1/s1. The minimum absolute atomic E-state index is 0.104. The molecule has 0 aliphatic carbocycles. The molecule has 3 aliphatic heterocycles. The van der Waals surface area contributed by atoms with Crippen molar-refractivity contribution in [1.82, 2.24) is 5.32 Å². The van der Waals surface area contributed by atoms with Crippen LogP contribution in [0.4, 0.5) is 10.5 Å². The number of benzene rings is 1. The normalized spacial score (nSPS) is 36.3. The zero-order valence-corrected chi connectivity index (χ0v) is 23.5. The van der Waals surface area contributed by atoms with Crippen LogP contribution in [-0.4, -0.2) is 68.0 Å². The number of halogens is 1. The predicted molar refractivity (Wildman–Crippen MR) is 143 cm³/mol. The van der Waals surface area contributed by atoms with Crippen molar-refractivity contribution in [3.05, 3.63) is 46.5 Å². The molecule has 4 rings (SSSR count). The molecule has 1 unspecified atom stereocenters. The Kier molecular flexibility index (Phi) is 8.14. The van der Waals surface area contributed by atoms with Crippen LogP contribution in [0.5, 0.6) is 5.75 Å². The molecule has 9 nitrogen and oxygen atoms in total. The van der Waals surface area contributed by atoms with E-state index in [-0.39, 0.29) is 30.8 Å². The molecule has 1 aromatic carbocycles. The number of rotatable bonds is 2. The van der Waals surface area contributed by atoms with E-state index in [1.165, 1.54) is 7.11 Å². The molecule has 0 spiro atoms. The van der Waals surface area contributed by atoms with Crippen molar-refractivity contribution in [3.8, 4) is 5.75 Å². The lowest BCUT2D eigenvalue weighted by atomic mass is 9.84. The fraction of sp³-hybridized carbons (Fsp3) is 0.571. The first-order valence-electron chi connectivity index (χ1n) is 12.8. The predicted octanol–water partition coefficient (Wildman–Crippen LogP) is 4.15. The Labute approximate surface area is 228 Å². The summed E-state index contributed by atoms with van der Waals surface area (Å²) in [6.07, 6.45) is 4.46. The molecule has 0 radical (unpaired) electrons. The number of allylic oxidation sites excluding steroid dienone is 3. The Bertz CT molecular complexity index is 1150. The molecule has 0 aromatic heterocycles. The van der Waals surface area contributed by atoms with Crippen LogP contribution in [0.2, 0.25) is 5.02 Å². The minimum Gasteiger partial charge on any atom is -0.495 e. The maximum Gasteiger partial charge on any atom is 0.409 e. The zero-order valence-electron chi connectivity index (χ0n) is 22.7. The number of hydrogen-bond acceptors (Lipinski definition) is 7. The molecule has 1 aromatic rings. The lowest BCUT2D eigenvalue weighted by molar-refractivity contribution is -0.142. The molecule has 38 heavy (non-hydrogen) atoms. The van der Waals surface area contributed by atoms with Crippen LogP contribution >= 0.6 is 11.6 Å². The zero-order chi connectivity index (χ0) is 27.8. The molecule has 6 atom stereocenters. The number of epoxide rings is 1. The summed E-state index contributed by atoms with van der Waals surface area (Å²) in [5, 5.41) is 14.3. The fourth-order valence-corrected chi connectivity index (χ4v) is 5.78. The second-order valence-electron chi connectivity index (χ2n) is 10.7. The van der Waals surface area contributed by atoms with Crippen LogP contribution in [0.15, 0.2) is 35.9 Å². The molecule has 3 heterocycles. The van der Waals surface area contributed by atoms with E-state index >= 15 is 0 Å². The largest absolute Gasteiger partial charge is 0.495 e. The van der Waals surface area contributed by atoms with Gasteiger partial charge in [0.1, 0.15) is 23.0 Å². The van der Waals surface area contributed by atoms with E-state index in [4.69, 9.17) is 30.5 Å². The number of ether oxygens (including phenoxy) is 4. The number of nitrogens with one attached hydrogen (secondary N) is 1. The summed E-state index contributed by atoms with van der Waals surface area (Å²) in [6.45, 7) is 5.85. The van der Waals surface area contributed by atoms with Crippen LogP contribution in [0, 0.1) is 5.92 Å². The highest BCUT2D eigenvalue weighted by Gasteiger charge is 2.58. The number of aliphatic hydroxyl groups is 1. The molecular formula is C28H37ClN2O7. The van der Waals surface area contributed by atoms with Crippen LogP contribution in [0.3, 0.4) is 0 Å². The molecule has 2 N–H and O–H groups in total. The molecule has 208 valence electrons. The van der Waals surface area contributed by atoms with Gasteiger partial charge in [0.25, 0.3) is 0 Å². The summed E-state index contributed by atoms with van der Waals surface area (Å²) in [6, 6.07) is 3.76. The Morgan fingerprint density at radius 1 is 1.26 bits per heavy atom. The van der Waals surface area contributed by atoms with E-state index in [2.05, 4.69) is 5.32 Å². The first-order valence-corrected chi connectivity index (χ1v) is 13.2. The average molecular weight is 549 g/mol. The summed E-state index contributed by atoms with van der Waals surface area (Å²) in [7, 11) is 4.73. The summed E-state index contributed by atoms with van der Waals surface area (Å²) >= 11 is 6.61. The maximum atomic E-state index is 13.2. The highest BCUT2D eigenvalue weighted by Crippen LogP contribution is 2.48. The minimum atomic E-state index is -1.66. The van der Waals surface area contributed by atoms with Crippen LogP contribution in [-0.2, 0) is 25.4 Å². The number of alkyl carbamates (subject to hydrolysis) is 1. The average Bonchev–Trinajstić information content (AvgIpc) is 3.55. The Morgan fingerprint density at radius 3 is 2.68 bits per heavy atom. The highest BCUT2D eigenvalue weighted by molar-refractivity contribution is 6.35. The lowest BCUT2D eigenvalue weighted by Gasteiger charge is -2.42. The number of nitrogens with zero attached hydrogens (tertiary/aromatic N) is 1. The third-order valence-corrected chi connectivity index (χ3v) is 8.22. The van der Waals surface area contributed by atoms with Gasteiger partial charge in [-0.3, -0.25) is 10.1 Å². The highest BCUT2D eigenvalue weighted by atomic mass is 35.5. The number of carbonyl (C=O) groups excluding carboxylic acids is 2. The topological polar surface area (TPSA) is 110 Å². The first-order chi connectivity index (χ1) is 17.9. The number of anilines is 1. The molecule has 4 bridgehead atoms. The van der Waals surface area contributed by atoms with Gasteiger partial charge < -0.3 is 29.0 Å². The Hall–Kier alpha value is -2.59. The van der Waals surface area contributed by atoms with Gasteiger partial charge in [0.15, 0.2) is 5.72 Å². The fourth-order valence-electron chi connectivity index (χ4n) is 5.46. The number of fused-ring (bicyclic) bond motifs is 5. The van der Waals surface area contributed by atoms with Crippen molar-refractivity contribution < 1.29 is 33.6 Å². The van der Waals surface area contributed by atoms with E-state index in [0.717, 1.165) is 11.1 Å². The molecule has 2 fully saturated rings. The Morgan fingerprint density at radius 2 is 2.00 bits per heavy atom. The quantitative estimate of drug-likeness (QED) is 0.534. The van der Waals surface area contributed by atoms with E-state index < -0.39 is 29.6 Å². The summed E-state index contributed by atoms with van der Waals surface area (Å²) in [5.74, 6) is 0.170. The van der Waals surface area contributed by atoms with Gasteiger partial charge in [-0.15, -0.1) is 0 Å². The van der Waals surface area contributed by atoms with Crippen molar-refractivity contribution in [2.75, 3.05) is 26.2 Å². The molecule has 10 heteroatoms. The van der Waals surface area contributed by atoms with Crippen LogP contribution in [0.25, 0.3) is 0 Å². The van der Waals surface area contributed by atoms with E-state index in [0.29, 0.717) is 29.3 Å². The van der Waals surface area contributed by atoms with Crippen molar-refractivity contribution in [2.24, 2.45) is 5.92 Å². The maximum absolute atomic E-state index is 13.2. The van der Waals surface area contributed by atoms with Crippen molar-refractivity contribution in [2.45, 2.75) is 76.1 Å². The molecule has 0 saturated carbocycles. The molecule has 2 amide bonds. The summed E-state index contributed by atoms with van der Waals surface area (Å²) in [4.78, 5) is 27.2. The van der Waals surface area contributed by atoms with Gasteiger partial charge in [0, 0.05) is 32.9 Å². The smallest absolute Gasteiger partial charge is 0.409 e. The molecular weight excluding hydrogens is 512 g/mol. The van der Waals surface area contributed by atoms with Crippen LogP contribution < -0.4 is 15.0 Å². The molecule has 3 aliphatic rings. The van der Waals surface area contributed by atoms with Gasteiger partial charge in [-0.25, -0.2) is 4.79 Å². The SMILES string of the molecule is COc1cc2cc(c1Cl)N(C)C(=O)CC[C@]1(C)O[C@@H]1[C@H](C)C1C[C@@](O)(NC(=O)O1)[C@H](OC)/C=C/C=C(\C)C2. The third-order valence-electron chi connectivity index (χ3n) is 7.84. The van der Waals surface area contributed by atoms with Crippen molar-refractivity contribution >= 4 is 29.3 Å². The van der Waals surface area contributed by atoms with Crippen LogP contribution in [0.1, 0.15) is 45.6 Å². The second kappa shape index (κ2) is 10.9. The lowest BCUT2D eigenvalue weighted by Crippen LogP contribution is -2.63. The van der Waals surface area contributed by atoms with Gasteiger partial charge >= 0.3 is 6.09 Å². The summed E-state index contributed by atoms with van der Waals surface area (Å²) in [5.41, 5.74) is 0.297. The Balaban J connectivity index is 1.71. The number of methoxy groups -OCH3 is 2. The van der Waals surface area contributed by atoms with E-state index in [1.54, 1.807) is 31.2 Å². The third kappa shape index (κ3) is 5.71. The second-order valence-corrected chi connectivity index (χ2v) is 11.1. The van der Waals surface area contributed by atoms with Gasteiger partial charge in [-0.1, -0.05) is 42.3 Å². The first kappa shape index (κ1) is 28.4. The van der Waals surface area contributed by atoms with E-state index in [9.17, 15) is 14.7 Å². The number of hydrogen-bond donors (Lipinski definition) is 2. The van der Waals surface area contributed by atoms with Crippen molar-refractivity contribution in [3.63, 3.8) is 0 Å².